The van der Waals surface area contributed by atoms with Gasteiger partial charge in [0.2, 0.25) is 5.91 Å². The molecule has 2 nitrogen and oxygen atoms in total. The minimum absolute atomic E-state index is 0.0407. The van der Waals surface area contributed by atoms with Crippen LogP contribution in [0.2, 0.25) is 0 Å². The van der Waals surface area contributed by atoms with Crippen molar-refractivity contribution in [3.63, 3.8) is 0 Å². The van der Waals surface area contributed by atoms with Gasteiger partial charge in [0.1, 0.15) is 0 Å². The van der Waals surface area contributed by atoms with Crippen LogP contribution < -0.4 is 5.32 Å². The molecule has 0 heterocycles. The van der Waals surface area contributed by atoms with Crippen LogP contribution in [0.5, 0.6) is 0 Å². The van der Waals surface area contributed by atoms with E-state index in [9.17, 15) is 4.79 Å². The van der Waals surface area contributed by atoms with Crippen LogP contribution in [0, 0.1) is 19.8 Å². The highest BCUT2D eigenvalue weighted by molar-refractivity contribution is 5.96. The van der Waals surface area contributed by atoms with Crippen molar-refractivity contribution in [2.45, 2.75) is 47.0 Å². The van der Waals surface area contributed by atoms with Gasteiger partial charge >= 0.3 is 0 Å². The van der Waals surface area contributed by atoms with Crippen LogP contribution in [0.25, 0.3) is 0 Å². The van der Waals surface area contributed by atoms with Crippen LogP contribution in [0.3, 0.4) is 0 Å². The second-order valence-corrected chi connectivity index (χ2v) is 6.82. The minimum Gasteiger partial charge on any atom is -0.325 e. The molecule has 0 unspecified atom stereocenters. The summed E-state index contributed by atoms with van der Waals surface area (Å²) in [4.78, 5) is 12.6. The number of carbonyl (C=O) groups is 1. The van der Waals surface area contributed by atoms with Crippen LogP contribution in [0.1, 0.15) is 48.9 Å². The lowest BCUT2D eigenvalue weighted by Crippen LogP contribution is -2.20. The molecule has 23 heavy (non-hydrogen) atoms. The van der Waals surface area contributed by atoms with Crippen molar-refractivity contribution >= 4 is 11.6 Å². The summed E-state index contributed by atoms with van der Waals surface area (Å²) in [6.45, 7) is 10.4. The fourth-order valence-corrected chi connectivity index (χ4v) is 2.81. The Bertz CT molecular complexity index is 650. The van der Waals surface area contributed by atoms with Crippen LogP contribution >= 0.6 is 0 Å². The number of hydrogen-bond acceptors (Lipinski definition) is 1. The van der Waals surface area contributed by atoms with E-state index in [2.05, 4.69) is 43.4 Å². The number of aryl methyl sites for hydroxylation is 2. The fourth-order valence-electron chi connectivity index (χ4n) is 2.81. The molecule has 0 aromatic heterocycles. The van der Waals surface area contributed by atoms with Gasteiger partial charge in [0, 0.05) is 5.69 Å². The molecule has 122 valence electrons. The molecule has 0 aliphatic rings. The molecule has 0 spiro atoms. The molecule has 0 aliphatic carbocycles. The summed E-state index contributed by atoms with van der Waals surface area (Å²) in [5.41, 5.74) is 5.50. The Morgan fingerprint density at radius 3 is 2.04 bits per heavy atom. The Morgan fingerprint density at radius 2 is 1.52 bits per heavy atom. The molecule has 2 aromatic rings. The molecule has 1 amide bonds. The van der Waals surface area contributed by atoms with Gasteiger partial charge in [-0.1, -0.05) is 56.3 Å². The van der Waals surface area contributed by atoms with E-state index in [0.29, 0.717) is 5.92 Å². The maximum Gasteiger partial charge on any atom is 0.231 e. The van der Waals surface area contributed by atoms with E-state index in [-0.39, 0.29) is 11.8 Å². The monoisotopic (exact) mass is 309 g/mol. The number of hydrogen-bond donors (Lipinski definition) is 1. The molecule has 1 N–H and O–H groups in total. The quantitative estimate of drug-likeness (QED) is 0.803. The molecule has 2 aromatic carbocycles. The van der Waals surface area contributed by atoms with Gasteiger partial charge in [0.25, 0.3) is 0 Å². The zero-order valence-electron chi connectivity index (χ0n) is 14.8. The summed E-state index contributed by atoms with van der Waals surface area (Å²) in [7, 11) is 0. The third-order valence-corrected chi connectivity index (χ3v) is 4.25. The van der Waals surface area contributed by atoms with Gasteiger partial charge in [0.15, 0.2) is 0 Å². The Labute approximate surface area is 139 Å². The second-order valence-electron chi connectivity index (χ2n) is 6.82. The average Bonchev–Trinajstić information content (AvgIpc) is 2.50. The van der Waals surface area contributed by atoms with Gasteiger partial charge in [-0.3, -0.25) is 4.79 Å². The van der Waals surface area contributed by atoms with E-state index in [0.717, 1.165) is 28.8 Å². The van der Waals surface area contributed by atoms with E-state index >= 15 is 0 Å². The lowest BCUT2D eigenvalue weighted by molar-refractivity contribution is -0.117. The molecule has 0 fully saturated rings. The number of para-hydroxylation sites is 1. The number of anilines is 1. The summed E-state index contributed by atoms with van der Waals surface area (Å²) >= 11 is 0. The highest BCUT2D eigenvalue weighted by Crippen LogP contribution is 2.23. The topological polar surface area (TPSA) is 29.1 Å². The number of benzene rings is 2. The van der Waals surface area contributed by atoms with Crippen molar-refractivity contribution in [2.24, 2.45) is 5.92 Å². The summed E-state index contributed by atoms with van der Waals surface area (Å²) in [5.74, 6) is 0.520. The van der Waals surface area contributed by atoms with Crippen molar-refractivity contribution in [1.82, 2.24) is 0 Å². The van der Waals surface area contributed by atoms with E-state index in [1.54, 1.807) is 0 Å². The molecule has 2 rings (SSSR count). The van der Waals surface area contributed by atoms with Gasteiger partial charge < -0.3 is 5.32 Å². The Kier molecular flexibility index (Phi) is 5.59. The molecular formula is C21H27NO. The minimum atomic E-state index is -0.165. The first-order valence-electron chi connectivity index (χ1n) is 8.34. The summed E-state index contributed by atoms with van der Waals surface area (Å²) in [5, 5.41) is 3.08. The number of carbonyl (C=O) groups excluding carboxylic acids is 1. The first-order chi connectivity index (χ1) is 10.9. The molecule has 0 bridgehead atoms. The van der Waals surface area contributed by atoms with Crippen molar-refractivity contribution in [1.29, 1.82) is 0 Å². The molecule has 0 aliphatic heterocycles. The number of nitrogens with one attached hydrogen (secondary N) is 1. The highest BCUT2D eigenvalue weighted by atomic mass is 16.1. The van der Waals surface area contributed by atoms with E-state index in [1.165, 1.54) is 5.56 Å². The lowest BCUT2D eigenvalue weighted by Gasteiger charge is -2.16. The standard InChI is InChI=1S/C21H27NO/c1-14(2)13-18-9-11-19(12-10-18)17(5)21(23)22-20-15(3)7-6-8-16(20)4/h6-12,14,17H,13H2,1-5H3,(H,22,23)/t17-/m1/s1. The van der Waals surface area contributed by atoms with Crippen LogP contribution in [0.4, 0.5) is 5.69 Å². The molecule has 0 radical (unpaired) electrons. The number of amides is 1. The van der Waals surface area contributed by atoms with Crippen molar-refractivity contribution in [2.75, 3.05) is 5.32 Å². The molecule has 0 saturated heterocycles. The first kappa shape index (κ1) is 17.3. The Morgan fingerprint density at radius 1 is 0.957 bits per heavy atom. The van der Waals surface area contributed by atoms with Gasteiger partial charge in [-0.15, -0.1) is 0 Å². The van der Waals surface area contributed by atoms with Gasteiger partial charge in [-0.05, 0) is 55.4 Å². The predicted octanol–water partition coefficient (Wildman–Crippen LogP) is 5.24. The third kappa shape index (κ3) is 4.44. The highest BCUT2D eigenvalue weighted by Gasteiger charge is 2.17. The summed E-state index contributed by atoms with van der Waals surface area (Å²) < 4.78 is 0. The van der Waals surface area contributed by atoms with Gasteiger partial charge in [0.05, 0.1) is 5.92 Å². The third-order valence-electron chi connectivity index (χ3n) is 4.25. The SMILES string of the molecule is Cc1cccc(C)c1NC(=O)[C@H](C)c1ccc(CC(C)C)cc1. The molecule has 2 heteroatoms. The second kappa shape index (κ2) is 7.45. The van der Waals surface area contributed by atoms with E-state index in [4.69, 9.17) is 0 Å². The van der Waals surface area contributed by atoms with Crippen molar-refractivity contribution in [3.05, 3.63) is 64.7 Å². The number of rotatable bonds is 5. The smallest absolute Gasteiger partial charge is 0.231 e. The lowest BCUT2D eigenvalue weighted by atomic mass is 9.96. The Hall–Kier alpha value is -2.09. The van der Waals surface area contributed by atoms with Crippen LogP contribution in [-0.4, -0.2) is 5.91 Å². The van der Waals surface area contributed by atoms with Crippen molar-refractivity contribution in [3.8, 4) is 0 Å². The predicted molar refractivity (Wildman–Crippen MR) is 97.9 cm³/mol. The van der Waals surface area contributed by atoms with Gasteiger partial charge in [-0.25, -0.2) is 0 Å². The molecule has 0 saturated carbocycles. The van der Waals surface area contributed by atoms with E-state index < -0.39 is 0 Å². The molecule has 1 atom stereocenters. The normalized spacial score (nSPS) is 12.3. The zero-order valence-corrected chi connectivity index (χ0v) is 14.8. The van der Waals surface area contributed by atoms with Gasteiger partial charge in [-0.2, -0.15) is 0 Å². The average molecular weight is 309 g/mol. The largest absolute Gasteiger partial charge is 0.325 e. The van der Waals surface area contributed by atoms with Crippen LogP contribution in [-0.2, 0) is 11.2 Å². The maximum absolute atomic E-state index is 12.6. The maximum atomic E-state index is 12.6. The van der Waals surface area contributed by atoms with Crippen LogP contribution in [0.15, 0.2) is 42.5 Å². The molecular weight excluding hydrogens is 282 g/mol. The van der Waals surface area contributed by atoms with Crippen molar-refractivity contribution < 1.29 is 4.79 Å². The summed E-state index contributed by atoms with van der Waals surface area (Å²) in [6, 6.07) is 14.5. The zero-order chi connectivity index (χ0) is 17.0. The van der Waals surface area contributed by atoms with E-state index in [1.807, 2.05) is 39.0 Å². The fraction of sp³-hybridized carbons (Fsp3) is 0.381. The Balaban J connectivity index is 2.10. The summed E-state index contributed by atoms with van der Waals surface area (Å²) in [6.07, 6.45) is 1.07. The first-order valence-corrected chi connectivity index (χ1v) is 8.34.